The van der Waals surface area contributed by atoms with Crippen LogP contribution in [0.1, 0.15) is 44.6 Å². The number of amides is 1. The van der Waals surface area contributed by atoms with Gasteiger partial charge >= 0.3 is 0 Å². The Morgan fingerprint density at radius 1 is 1.00 bits per heavy atom. The number of hydrogen-bond donors (Lipinski definition) is 1. The van der Waals surface area contributed by atoms with Crippen molar-refractivity contribution < 1.29 is 22.7 Å². The largest absolute Gasteiger partial charge is 0.490 e. The van der Waals surface area contributed by atoms with Crippen molar-refractivity contribution in [2.75, 3.05) is 19.7 Å². The van der Waals surface area contributed by atoms with Crippen LogP contribution in [0.15, 0.2) is 53.4 Å². The normalized spacial score (nSPS) is 17.1. The number of likely N-dealkylation sites (tertiary alicyclic amines) is 1. The van der Waals surface area contributed by atoms with Gasteiger partial charge in [0.1, 0.15) is 6.10 Å². The van der Waals surface area contributed by atoms with Crippen LogP contribution in [0.25, 0.3) is 0 Å². The molecule has 4 rings (SSSR count). The molecule has 2 fully saturated rings. The van der Waals surface area contributed by atoms with Gasteiger partial charge < -0.3 is 14.4 Å². The fourth-order valence-corrected chi connectivity index (χ4v) is 5.26. The van der Waals surface area contributed by atoms with Gasteiger partial charge in [0.15, 0.2) is 11.5 Å². The number of sulfonamides is 1. The quantitative estimate of drug-likeness (QED) is 0.572. The molecule has 1 saturated heterocycles. The SMILES string of the molecule is CCOc1ccccc1OC1CCN(C(=O)CCc2ccc(S(=O)(=O)NC3CC3)cc2)CC1. The predicted octanol–water partition coefficient (Wildman–Crippen LogP) is 3.53. The van der Waals surface area contributed by atoms with E-state index in [1.54, 1.807) is 24.3 Å². The Hall–Kier alpha value is -2.58. The minimum Gasteiger partial charge on any atom is -0.490 e. The summed E-state index contributed by atoms with van der Waals surface area (Å²) in [6, 6.07) is 14.6. The maximum Gasteiger partial charge on any atom is 0.240 e. The topological polar surface area (TPSA) is 84.9 Å². The molecule has 33 heavy (non-hydrogen) atoms. The van der Waals surface area contributed by atoms with Crippen molar-refractivity contribution in [3.63, 3.8) is 0 Å². The highest BCUT2D eigenvalue weighted by molar-refractivity contribution is 7.89. The minimum atomic E-state index is -3.44. The first kappa shape index (κ1) is 23.6. The maximum atomic E-state index is 12.7. The molecule has 1 heterocycles. The molecule has 0 aromatic heterocycles. The van der Waals surface area contributed by atoms with Gasteiger partial charge in [0.25, 0.3) is 0 Å². The van der Waals surface area contributed by atoms with Crippen LogP contribution in [0.4, 0.5) is 0 Å². The van der Waals surface area contributed by atoms with Gasteiger partial charge in [0.2, 0.25) is 15.9 Å². The summed E-state index contributed by atoms with van der Waals surface area (Å²) < 4.78 is 39.0. The highest BCUT2D eigenvalue weighted by atomic mass is 32.2. The van der Waals surface area contributed by atoms with Crippen LogP contribution < -0.4 is 14.2 Å². The summed E-state index contributed by atoms with van der Waals surface area (Å²) in [5, 5.41) is 0. The van der Waals surface area contributed by atoms with Crippen molar-refractivity contribution >= 4 is 15.9 Å². The van der Waals surface area contributed by atoms with E-state index in [0.717, 1.165) is 42.7 Å². The zero-order valence-corrected chi connectivity index (χ0v) is 19.9. The average Bonchev–Trinajstić information content (AvgIpc) is 3.63. The summed E-state index contributed by atoms with van der Waals surface area (Å²) in [6.07, 6.45) is 4.44. The number of carbonyl (C=O) groups is 1. The van der Waals surface area contributed by atoms with Crippen LogP contribution in [0, 0.1) is 0 Å². The second-order valence-electron chi connectivity index (χ2n) is 8.62. The maximum absolute atomic E-state index is 12.7. The number of nitrogens with zero attached hydrogens (tertiary/aromatic N) is 1. The van der Waals surface area contributed by atoms with Crippen molar-refractivity contribution in [2.45, 2.75) is 62.5 Å². The van der Waals surface area contributed by atoms with E-state index in [-0.39, 0.29) is 22.9 Å². The van der Waals surface area contributed by atoms with E-state index in [1.165, 1.54) is 0 Å². The fourth-order valence-electron chi connectivity index (χ4n) is 3.96. The standard InChI is InChI=1S/C25H32N2O5S/c1-2-31-23-5-3-4-6-24(23)32-21-15-17-27(18-16-21)25(28)14-9-19-7-12-22(13-8-19)33(29,30)26-20-10-11-20/h3-8,12-13,20-21,26H,2,9-11,14-18H2,1H3. The Balaban J connectivity index is 1.22. The number of aryl methyl sites for hydroxylation is 1. The predicted molar refractivity (Wildman–Crippen MR) is 126 cm³/mol. The molecule has 1 amide bonds. The first-order valence-electron chi connectivity index (χ1n) is 11.7. The lowest BCUT2D eigenvalue weighted by atomic mass is 10.1. The molecular formula is C25H32N2O5S. The number of benzene rings is 2. The summed E-state index contributed by atoms with van der Waals surface area (Å²) >= 11 is 0. The van der Waals surface area contributed by atoms with Crippen molar-refractivity contribution in [1.82, 2.24) is 9.62 Å². The van der Waals surface area contributed by atoms with Crippen molar-refractivity contribution in [2.24, 2.45) is 0 Å². The van der Waals surface area contributed by atoms with Gasteiger partial charge in [0, 0.05) is 38.4 Å². The molecule has 1 aliphatic carbocycles. The van der Waals surface area contributed by atoms with E-state index in [9.17, 15) is 13.2 Å². The summed E-state index contributed by atoms with van der Waals surface area (Å²) in [5.41, 5.74) is 0.958. The molecule has 0 radical (unpaired) electrons. The van der Waals surface area contributed by atoms with Gasteiger partial charge in [0.05, 0.1) is 11.5 Å². The molecule has 2 aromatic carbocycles. The van der Waals surface area contributed by atoms with E-state index in [2.05, 4.69) is 4.72 Å². The fraction of sp³-hybridized carbons (Fsp3) is 0.480. The number of nitrogens with one attached hydrogen (secondary N) is 1. The molecule has 1 N–H and O–H groups in total. The lowest BCUT2D eigenvalue weighted by Crippen LogP contribution is -2.41. The lowest BCUT2D eigenvalue weighted by molar-refractivity contribution is -0.132. The van der Waals surface area contributed by atoms with E-state index < -0.39 is 10.0 Å². The van der Waals surface area contributed by atoms with Gasteiger partial charge in [-0.3, -0.25) is 4.79 Å². The van der Waals surface area contributed by atoms with Crippen molar-refractivity contribution in [3.05, 3.63) is 54.1 Å². The van der Waals surface area contributed by atoms with Gasteiger partial charge in [-0.2, -0.15) is 0 Å². The van der Waals surface area contributed by atoms with E-state index in [1.807, 2.05) is 36.1 Å². The molecular weight excluding hydrogens is 440 g/mol. The molecule has 2 aromatic rings. The average molecular weight is 473 g/mol. The molecule has 1 saturated carbocycles. The van der Waals surface area contributed by atoms with Gasteiger partial charge in [-0.05, 0) is 56.0 Å². The molecule has 0 unspecified atom stereocenters. The molecule has 178 valence electrons. The zero-order chi connectivity index (χ0) is 23.3. The summed E-state index contributed by atoms with van der Waals surface area (Å²) in [4.78, 5) is 14.9. The Morgan fingerprint density at radius 3 is 2.30 bits per heavy atom. The van der Waals surface area contributed by atoms with E-state index >= 15 is 0 Å². The first-order chi connectivity index (χ1) is 15.9. The molecule has 0 atom stereocenters. The van der Waals surface area contributed by atoms with Gasteiger partial charge in [-0.1, -0.05) is 24.3 Å². The third-order valence-corrected chi connectivity index (χ3v) is 7.53. The highest BCUT2D eigenvalue weighted by Crippen LogP contribution is 2.29. The van der Waals surface area contributed by atoms with Gasteiger partial charge in [-0.25, -0.2) is 13.1 Å². The third-order valence-electron chi connectivity index (χ3n) is 6.00. The van der Waals surface area contributed by atoms with Crippen LogP contribution in [-0.2, 0) is 21.2 Å². The number of carbonyl (C=O) groups excluding carboxylic acids is 1. The third kappa shape index (κ3) is 6.48. The van der Waals surface area contributed by atoms with Crippen molar-refractivity contribution in [1.29, 1.82) is 0 Å². The smallest absolute Gasteiger partial charge is 0.240 e. The minimum absolute atomic E-state index is 0.0643. The second kappa shape index (κ2) is 10.6. The Bertz CT molecular complexity index is 1040. The Labute approximate surface area is 196 Å². The highest BCUT2D eigenvalue weighted by Gasteiger charge is 2.28. The zero-order valence-electron chi connectivity index (χ0n) is 19.0. The van der Waals surface area contributed by atoms with Crippen LogP contribution >= 0.6 is 0 Å². The monoisotopic (exact) mass is 472 g/mol. The Morgan fingerprint density at radius 2 is 1.67 bits per heavy atom. The van der Waals surface area contributed by atoms with Crippen LogP contribution in [0.5, 0.6) is 11.5 Å². The number of piperidine rings is 1. The number of ether oxygens (including phenoxy) is 2. The molecule has 0 bridgehead atoms. The molecule has 2 aliphatic rings. The molecule has 7 nitrogen and oxygen atoms in total. The lowest BCUT2D eigenvalue weighted by Gasteiger charge is -2.32. The number of hydrogen-bond acceptors (Lipinski definition) is 5. The van der Waals surface area contributed by atoms with Crippen molar-refractivity contribution in [3.8, 4) is 11.5 Å². The van der Waals surface area contributed by atoms with Gasteiger partial charge in [-0.15, -0.1) is 0 Å². The van der Waals surface area contributed by atoms with Crippen LogP contribution in [-0.4, -0.2) is 51.1 Å². The Kier molecular flexibility index (Phi) is 7.55. The number of para-hydroxylation sites is 2. The van der Waals surface area contributed by atoms with Crippen LogP contribution in [0.3, 0.4) is 0 Å². The van der Waals surface area contributed by atoms with E-state index in [0.29, 0.717) is 32.5 Å². The first-order valence-corrected chi connectivity index (χ1v) is 13.2. The second-order valence-corrected chi connectivity index (χ2v) is 10.3. The van der Waals surface area contributed by atoms with E-state index in [4.69, 9.17) is 9.47 Å². The summed E-state index contributed by atoms with van der Waals surface area (Å²) in [5.74, 6) is 1.62. The molecule has 0 spiro atoms. The summed E-state index contributed by atoms with van der Waals surface area (Å²) in [7, 11) is -3.44. The molecule has 1 aliphatic heterocycles. The molecule has 8 heteroatoms. The van der Waals surface area contributed by atoms with Crippen LogP contribution in [0.2, 0.25) is 0 Å². The summed E-state index contributed by atoms with van der Waals surface area (Å²) in [6.45, 7) is 3.88. The number of rotatable bonds is 10.